The van der Waals surface area contributed by atoms with Gasteiger partial charge in [0, 0.05) is 46.0 Å². The maximum atomic E-state index is 3.97. The summed E-state index contributed by atoms with van der Waals surface area (Å²) in [6.45, 7) is 27.0. The minimum Gasteiger partial charge on any atom is -0.380 e. The van der Waals surface area contributed by atoms with E-state index in [9.17, 15) is 0 Å². The van der Waals surface area contributed by atoms with Gasteiger partial charge < -0.3 is 19.2 Å². The summed E-state index contributed by atoms with van der Waals surface area (Å²) in [5.74, 6) is 15.6. The van der Waals surface area contributed by atoms with Crippen LogP contribution in [0.2, 0.25) is 0 Å². The quantitative estimate of drug-likeness (QED) is 0.0999. The maximum absolute atomic E-state index is 3.97. The predicted molar refractivity (Wildman–Crippen MR) is 392 cm³/mol. The molecule has 4 nitrogen and oxygen atoms in total. The molecule has 446 valence electrons. The van der Waals surface area contributed by atoms with Crippen LogP contribution < -0.4 is 52.0 Å². The predicted octanol–water partition coefficient (Wildman–Crippen LogP) is 15.2. The zero-order valence-electron chi connectivity index (χ0n) is 55.5. The molecule has 0 aromatic heterocycles. The molecule has 0 saturated heterocycles. The second-order valence-electron chi connectivity index (χ2n) is 27.3. The number of para-hydroxylation sites is 4. The van der Waals surface area contributed by atoms with Gasteiger partial charge >= 0.3 is 14.0 Å². The van der Waals surface area contributed by atoms with Gasteiger partial charge in [-0.2, -0.15) is 0 Å². The lowest BCUT2D eigenvalue weighted by Crippen LogP contribution is -2.55. The van der Waals surface area contributed by atoms with Crippen molar-refractivity contribution >= 4 is 94.3 Å². The van der Waals surface area contributed by atoms with Crippen LogP contribution in [0.4, 0.5) is 34.1 Å². The van der Waals surface area contributed by atoms with Crippen molar-refractivity contribution < 1.29 is 0 Å². The van der Waals surface area contributed by atoms with Gasteiger partial charge in [-0.1, -0.05) is 259 Å². The number of anilines is 6. The molecule has 9 aromatic rings. The van der Waals surface area contributed by atoms with E-state index in [4.69, 9.17) is 0 Å². The van der Waals surface area contributed by atoms with E-state index in [0.29, 0.717) is 12.1 Å². The SMILES string of the molecule is Cc1cc(C)c(B(c2ccc(C#CB3N(c4ccc(N5B(C#Cc6ccc(B(c7c(C)cc(C)cc7C)c7c(C)cc(C)cc7C)cc6)N(C6CCCCC6)c6ccccc65)cc4)c4ccccc4N3C3CCCCC3)cc2)c2c(C)cc(C)cc2C)c(C)c1. The van der Waals surface area contributed by atoms with Gasteiger partial charge in [-0.25, -0.2) is 0 Å². The summed E-state index contributed by atoms with van der Waals surface area (Å²) in [6.07, 6.45) is 12.2. The Kier molecular flexibility index (Phi) is 17.1. The molecule has 0 atom stereocenters. The third-order valence-corrected chi connectivity index (χ3v) is 20.5. The summed E-state index contributed by atoms with van der Waals surface area (Å²) >= 11 is 0. The standard InChI is InChI=1S/C82H86B4N4/c1-55-47-59(5)79(60(6)48-55)85(80-61(7)49-56(2)50-62(80)8)69-35-31-67(32-36-69)43-45-83-87(71-23-15-13-16-24-71)75-27-19-21-29-77(75)89(83)73-39-41-74(42-40-73)90-78-30-22-20-28-76(78)88(72-25-17-14-18-26-72)84(90)46-44-68-33-37-70(38-34-68)86(81-63(9)51-57(3)52-64(81)10)82-65(11)53-58(4)54-66(82)12/h19-22,27-42,47-54,71-72H,13-18,23-26H2,1-12H3. The molecule has 9 aromatic carbocycles. The smallest absolute Gasteiger partial charge is 0.380 e. The van der Waals surface area contributed by atoms with Crippen LogP contribution in [0.25, 0.3) is 0 Å². The topological polar surface area (TPSA) is 13.0 Å². The number of hydrogen-bond donors (Lipinski definition) is 0. The van der Waals surface area contributed by atoms with E-state index in [1.54, 1.807) is 0 Å². The second-order valence-corrected chi connectivity index (χ2v) is 27.3. The fraction of sp³-hybridized carbons (Fsp3) is 0.293. The average molecular weight is 1170 g/mol. The number of fused-ring (bicyclic) bond motifs is 2. The van der Waals surface area contributed by atoms with Crippen LogP contribution in [0.1, 0.15) is 142 Å². The molecule has 13 rings (SSSR count). The zero-order valence-corrected chi connectivity index (χ0v) is 55.5. The molecule has 2 fully saturated rings. The summed E-state index contributed by atoms with van der Waals surface area (Å²) in [4.78, 5) is 10.4. The molecular formula is C82H86B4N4. The highest BCUT2D eigenvalue weighted by atomic mass is 15.3. The third kappa shape index (κ3) is 11.6. The highest BCUT2D eigenvalue weighted by Crippen LogP contribution is 2.48. The van der Waals surface area contributed by atoms with E-state index in [-0.39, 0.29) is 27.4 Å². The van der Waals surface area contributed by atoms with Gasteiger partial charge in [0.15, 0.2) is 0 Å². The summed E-state index contributed by atoms with van der Waals surface area (Å²) in [7, 11) is 0. The summed E-state index contributed by atoms with van der Waals surface area (Å²) in [5.41, 5.74) is 33.5. The summed E-state index contributed by atoms with van der Waals surface area (Å²) in [5, 5.41) is 0. The number of rotatable bonds is 10. The Balaban J connectivity index is 0.862. The lowest BCUT2D eigenvalue weighted by Gasteiger charge is -2.36. The number of aryl methyl sites for hydroxylation is 12. The van der Waals surface area contributed by atoms with Gasteiger partial charge in [0.05, 0.1) is 11.4 Å². The molecular weight excluding hydrogens is 1080 g/mol. The number of benzene rings is 9. The van der Waals surface area contributed by atoms with Gasteiger partial charge in [0.2, 0.25) is 13.4 Å². The zero-order chi connectivity index (χ0) is 62.5. The molecule has 2 aliphatic carbocycles. The minimum absolute atomic E-state index is 0.109. The van der Waals surface area contributed by atoms with Crippen LogP contribution in [0.3, 0.4) is 0 Å². The van der Waals surface area contributed by atoms with E-state index in [2.05, 4.69) is 296 Å². The lowest BCUT2D eigenvalue weighted by molar-refractivity contribution is 0.443. The molecule has 90 heavy (non-hydrogen) atoms. The van der Waals surface area contributed by atoms with Gasteiger partial charge in [-0.3, -0.25) is 0 Å². The lowest BCUT2D eigenvalue weighted by atomic mass is 9.34. The van der Waals surface area contributed by atoms with Crippen molar-refractivity contribution in [1.82, 2.24) is 0 Å². The molecule has 0 spiro atoms. The number of hydrogen-bond acceptors (Lipinski definition) is 4. The Labute approximate surface area is 541 Å². The second kappa shape index (κ2) is 25.4. The van der Waals surface area contributed by atoms with Gasteiger partial charge in [0.25, 0.3) is 0 Å². The van der Waals surface area contributed by atoms with Crippen LogP contribution in [0.15, 0.2) is 170 Å². The van der Waals surface area contributed by atoms with Crippen molar-refractivity contribution in [2.45, 2.75) is 159 Å². The van der Waals surface area contributed by atoms with Gasteiger partial charge in [0.1, 0.15) is 0 Å². The van der Waals surface area contributed by atoms with E-state index in [1.165, 1.54) is 186 Å². The van der Waals surface area contributed by atoms with Crippen LogP contribution in [0.5, 0.6) is 0 Å². The van der Waals surface area contributed by atoms with E-state index >= 15 is 0 Å². The van der Waals surface area contributed by atoms with Crippen molar-refractivity contribution in [2.24, 2.45) is 0 Å². The first-order chi connectivity index (χ1) is 43.6. The van der Waals surface area contributed by atoms with Crippen LogP contribution in [-0.4, -0.2) is 39.5 Å². The molecule has 2 saturated carbocycles. The molecule has 0 radical (unpaired) electrons. The van der Waals surface area contributed by atoms with Crippen molar-refractivity contribution in [1.29, 1.82) is 0 Å². The highest BCUT2D eigenvalue weighted by molar-refractivity contribution is 6.97. The maximum Gasteiger partial charge on any atom is 0.471 e. The van der Waals surface area contributed by atoms with Gasteiger partial charge in [-0.05, 0) is 182 Å². The van der Waals surface area contributed by atoms with Crippen LogP contribution in [0, 0.1) is 107 Å². The molecule has 0 unspecified atom stereocenters. The Morgan fingerprint density at radius 3 is 0.867 bits per heavy atom. The molecule has 0 N–H and O–H groups in total. The molecule has 0 amide bonds. The van der Waals surface area contributed by atoms with E-state index in [0.717, 1.165) is 22.5 Å². The molecule has 4 aliphatic rings. The highest BCUT2D eigenvalue weighted by Gasteiger charge is 2.46. The first-order valence-corrected chi connectivity index (χ1v) is 33.6. The fourth-order valence-corrected chi connectivity index (χ4v) is 17.0. The van der Waals surface area contributed by atoms with Crippen molar-refractivity contribution in [2.75, 3.05) is 19.2 Å². The number of nitrogens with zero attached hydrogens (tertiary/aromatic N) is 4. The monoisotopic (exact) mass is 1170 g/mol. The Bertz CT molecular complexity index is 3820. The van der Waals surface area contributed by atoms with E-state index < -0.39 is 0 Å². The normalized spacial score (nSPS) is 14.9. The molecule has 2 heterocycles. The average Bonchev–Trinajstić information content (AvgIpc) is 1.49. The molecule has 8 heteroatoms. The van der Waals surface area contributed by atoms with E-state index in [1.807, 2.05) is 0 Å². The molecule has 2 aliphatic heterocycles. The first kappa shape index (κ1) is 60.5. The third-order valence-electron chi connectivity index (χ3n) is 20.5. The van der Waals surface area contributed by atoms with Crippen LogP contribution in [-0.2, 0) is 0 Å². The van der Waals surface area contributed by atoms with Gasteiger partial charge in [-0.15, -0.1) is 0 Å². The fourth-order valence-electron chi connectivity index (χ4n) is 17.0. The first-order valence-electron chi connectivity index (χ1n) is 33.6. The summed E-state index contributed by atoms with van der Waals surface area (Å²) in [6, 6.07) is 65.7. The van der Waals surface area contributed by atoms with Crippen molar-refractivity contribution in [3.8, 4) is 23.5 Å². The van der Waals surface area contributed by atoms with Crippen molar-refractivity contribution in [3.05, 3.63) is 248 Å². The minimum atomic E-state index is -0.191. The van der Waals surface area contributed by atoms with Crippen molar-refractivity contribution in [3.63, 3.8) is 0 Å². The molecule has 0 bridgehead atoms. The van der Waals surface area contributed by atoms with Crippen LogP contribution >= 0.6 is 0 Å². The summed E-state index contributed by atoms with van der Waals surface area (Å²) < 4.78 is 0. The Morgan fingerprint density at radius 2 is 0.589 bits per heavy atom. The Morgan fingerprint density at radius 1 is 0.322 bits per heavy atom. The largest absolute Gasteiger partial charge is 0.471 e. The Hall–Kier alpha value is -8.44.